The van der Waals surface area contributed by atoms with Crippen LogP contribution in [0.2, 0.25) is 0 Å². The number of amides is 1. The Morgan fingerprint density at radius 3 is 2.64 bits per heavy atom. The van der Waals surface area contributed by atoms with Crippen molar-refractivity contribution < 1.29 is 9.53 Å². The SMILES string of the molecule is CCNC(=O)Cc1ccc(N=C2C=C(OC)C(=N)C=C2N)c(N)c1.Cl. The highest BCUT2D eigenvalue weighted by atomic mass is 35.5. The predicted molar refractivity (Wildman–Crippen MR) is 103 cm³/mol. The van der Waals surface area contributed by atoms with Gasteiger partial charge in [-0.05, 0) is 30.7 Å². The number of anilines is 1. The molecule has 0 aliphatic heterocycles. The van der Waals surface area contributed by atoms with Crippen molar-refractivity contribution in [3.05, 3.63) is 47.4 Å². The number of nitrogen functional groups attached to an aromatic ring is 1. The van der Waals surface area contributed by atoms with Crippen LogP contribution >= 0.6 is 12.4 Å². The minimum atomic E-state index is -0.0541. The Labute approximate surface area is 152 Å². The lowest BCUT2D eigenvalue weighted by Crippen LogP contribution is -2.24. The molecule has 0 aromatic heterocycles. The number of rotatable bonds is 5. The molecule has 0 heterocycles. The van der Waals surface area contributed by atoms with Gasteiger partial charge in [0.15, 0.2) is 0 Å². The first-order valence-corrected chi connectivity index (χ1v) is 7.50. The van der Waals surface area contributed by atoms with Crippen LogP contribution in [0.1, 0.15) is 12.5 Å². The van der Waals surface area contributed by atoms with Crippen molar-refractivity contribution in [3.8, 4) is 0 Å². The largest absolute Gasteiger partial charge is 0.494 e. The zero-order chi connectivity index (χ0) is 17.7. The number of nitrogens with two attached hydrogens (primary N) is 2. The monoisotopic (exact) mass is 363 g/mol. The molecule has 0 fully saturated rings. The molecule has 1 amide bonds. The maximum atomic E-state index is 11.6. The van der Waals surface area contributed by atoms with Gasteiger partial charge in [-0.15, -0.1) is 12.4 Å². The molecule has 0 atom stereocenters. The topological polar surface area (TPSA) is 127 Å². The zero-order valence-electron chi connectivity index (χ0n) is 14.1. The van der Waals surface area contributed by atoms with Crippen LogP contribution in [-0.2, 0) is 16.0 Å². The first kappa shape index (κ1) is 20.2. The lowest BCUT2D eigenvalue weighted by atomic mass is 10.1. The number of benzene rings is 1. The molecule has 1 aliphatic carbocycles. The van der Waals surface area contributed by atoms with Gasteiger partial charge >= 0.3 is 0 Å². The van der Waals surface area contributed by atoms with E-state index in [0.29, 0.717) is 35.1 Å². The van der Waals surface area contributed by atoms with Gasteiger partial charge in [0.2, 0.25) is 5.91 Å². The first-order chi connectivity index (χ1) is 11.4. The number of methoxy groups -OCH3 is 1. The number of halogens is 1. The maximum absolute atomic E-state index is 11.6. The number of nitrogens with zero attached hydrogens (tertiary/aromatic N) is 1. The van der Waals surface area contributed by atoms with E-state index >= 15 is 0 Å². The smallest absolute Gasteiger partial charge is 0.224 e. The van der Waals surface area contributed by atoms with Gasteiger partial charge in [-0.25, -0.2) is 4.99 Å². The van der Waals surface area contributed by atoms with E-state index in [0.717, 1.165) is 5.56 Å². The van der Waals surface area contributed by atoms with Crippen LogP contribution in [0.4, 0.5) is 11.4 Å². The summed E-state index contributed by atoms with van der Waals surface area (Å²) in [5.41, 5.74) is 14.8. The highest BCUT2D eigenvalue weighted by molar-refractivity contribution is 6.22. The summed E-state index contributed by atoms with van der Waals surface area (Å²) in [6.45, 7) is 2.46. The van der Waals surface area contributed by atoms with Crippen LogP contribution in [0.3, 0.4) is 0 Å². The van der Waals surface area contributed by atoms with Crippen molar-refractivity contribution in [2.75, 3.05) is 19.4 Å². The molecule has 7 nitrogen and oxygen atoms in total. The Kier molecular flexibility index (Phi) is 7.20. The molecule has 0 radical (unpaired) electrons. The Morgan fingerprint density at radius 2 is 2.04 bits per heavy atom. The number of hydrogen-bond donors (Lipinski definition) is 4. The summed E-state index contributed by atoms with van der Waals surface area (Å²) in [4.78, 5) is 16.1. The molecular weight excluding hydrogens is 342 g/mol. The Morgan fingerprint density at radius 1 is 1.32 bits per heavy atom. The molecule has 0 spiro atoms. The highest BCUT2D eigenvalue weighted by Gasteiger charge is 2.15. The van der Waals surface area contributed by atoms with Gasteiger partial charge in [0.1, 0.15) is 5.76 Å². The molecule has 6 N–H and O–H groups in total. The second kappa shape index (κ2) is 8.89. The van der Waals surface area contributed by atoms with E-state index in [9.17, 15) is 4.79 Å². The van der Waals surface area contributed by atoms with E-state index in [1.807, 2.05) is 6.92 Å². The molecule has 8 heteroatoms. The van der Waals surface area contributed by atoms with E-state index in [4.69, 9.17) is 21.6 Å². The summed E-state index contributed by atoms with van der Waals surface area (Å²) < 4.78 is 5.12. The van der Waals surface area contributed by atoms with Gasteiger partial charge in [-0.1, -0.05) is 6.07 Å². The second-order valence-corrected chi connectivity index (χ2v) is 5.25. The minimum Gasteiger partial charge on any atom is -0.494 e. The summed E-state index contributed by atoms with van der Waals surface area (Å²) in [6, 6.07) is 5.27. The van der Waals surface area contributed by atoms with Crippen LogP contribution in [0.15, 0.2) is 46.8 Å². The summed E-state index contributed by atoms with van der Waals surface area (Å²) in [7, 11) is 1.48. The highest BCUT2D eigenvalue weighted by Crippen LogP contribution is 2.25. The van der Waals surface area contributed by atoms with E-state index in [1.165, 1.54) is 13.2 Å². The van der Waals surface area contributed by atoms with Crippen molar-refractivity contribution in [3.63, 3.8) is 0 Å². The van der Waals surface area contributed by atoms with E-state index in [1.54, 1.807) is 24.3 Å². The summed E-state index contributed by atoms with van der Waals surface area (Å²) in [5.74, 6) is 0.330. The molecule has 1 aromatic carbocycles. The molecule has 0 unspecified atom stereocenters. The molecule has 25 heavy (non-hydrogen) atoms. The summed E-state index contributed by atoms with van der Waals surface area (Å²) in [5, 5.41) is 10.5. The molecule has 1 aromatic rings. The number of allylic oxidation sites excluding steroid dienone is 2. The number of hydrogen-bond acceptors (Lipinski definition) is 6. The fourth-order valence-corrected chi connectivity index (χ4v) is 2.24. The van der Waals surface area contributed by atoms with Gasteiger partial charge in [0.25, 0.3) is 0 Å². The van der Waals surface area contributed by atoms with Crippen molar-refractivity contribution in [1.82, 2.24) is 5.32 Å². The Balaban J connectivity index is 0.00000312. The fraction of sp³-hybridized carbons (Fsp3) is 0.235. The average Bonchev–Trinajstić information content (AvgIpc) is 2.52. The lowest BCUT2D eigenvalue weighted by molar-refractivity contribution is -0.120. The van der Waals surface area contributed by atoms with Crippen molar-refractivity contribution in [2.24, 2.45) is 10.7 Å². The third-order valence-corrected chi connectivity index (χ3v) is 3.42. The average molecular weight is 364 g/mol. The van der Waals surface area contributed by atoms with Crippen molar-refractivity contribution in [2.45, 2.75) is 13.3 Å². The molecule has 134 valence electrons. The van der Waals surface area contributed by atoms with Gasteiger partial charge in [-0.2, -0.15) is 0 Å². The summed E-state index contributed by atoms with van der Waals surface area (Å²) in [6.07, 6.45) is 3.35. The van der Waals surface area contributed by atoms with E-state index in [-0.39, 0.29) is 30.4 Å². The predicted octanol–water partition coefficient (Wildman–Crippen LogP) is 1.85. The minimum absolute atomic E-state index is 0. The second-order valence-electron chi connectivity index (χ2n) is 5.25. The maximum Gasteiger partial charge on any atom is 0.224 e. The number of nitrogens with one attached hydrogen (secondary N) is 2. The van der Waals surface area contributed by atoms with Crippen molar-refractivity contribution >= 4 is 41.1 Å². The quantitative estimate of drug-likeness (QED) is 0.470. The van der Waals surface area contributed by atoms with Gasteiger partial charge < -0.3 is 21.5 Å². The standard InChI is InChI=1S/C17H21N5O2.ClH/c1-3-21-17(23)7-10-4-5-14(11(18)6-10)22-15-9-16(24-2)13(20)8-12(15)19;/h4-6,8-9,20H,3,7,18-19H2,1-2H3,(H,21,23);1H. The number of aliphatic imine (C=N–C) groups is 1. The van der Waals surface area contributed by atoms with Crippen LogP contribution < -0.4 is 16.8 Å². The molecule has 0 saturated heterocycles. The van der Waals surface area contributed by atoms with Crippen molar-refractivity contribution in [1.29, 1.82) is 5.41 Å². The van der Waals surface area contributed by atoms with Gasteiger partial charge in [0, 0.05) is 12.6 Å². The van der Waals surface area contributed by atoms with Crippen LogP contribution in [0, 0.1) is 5.41 Å². The number of carbonyl (C=O) groups is 1. The lowest BCUT2D eigenvalue weighted by Gasteiger charge is -2.13. The Hall–Kier alpha value is -2.80. The molecule has 2 rings (SSSR count). The third-order valence-electron chi connectivity index (χ3n) is 3.42. The van der Waals surface area contributed by atoms with Crippen LogP contribution in [0.25, 0.3) is 0 Å². The number of ether oxygens (including phenoxy) is 1. The Bertz CT molecular complexity index is 768. The molecule has 0 saturated carbocycles. The fourth-order valence-electron chi connectivity index (χ4n) is 2.24. The van der Waals surface area contributed by atoms with Crippen LogP contribution in [-0.4, -0.2) is 31.0 Å². The molecule has 1 aliphatic rings. The zero-order valence-corrected chi connectivity index (χ0v) is 14.9. The van der Waals surface area contributed by atoms with E-state index < -0.39 is 0 Å². The summed E-state index contributed by atoms with van der Waals surface area (Å²) >= 11 is 0. The van der Waals surface area contributed by atoms with Gasteiger partial charge in [-0.3, -0.25) is 10.2 Å². The normalized spacial score (nSPS) is 15.1. The number of carbonyl (C=O) groups excluding carboxylic acids is 1. The molecular formula is C17H22ClN5O2. The molecule has 0 bridgehead atoms. The number of likely N-dealkylation sites (N-methyl/N-ethyl adjacent to an activating group) is 1. The van der Waals surface area contributed by atoms with Crippen LogP contribution in [0.5, 0.6) is 0 Å². The third kappa shape index (κ3) is 5.09. The first-order valence-electron chi connectivity index (χ1n) is 7.50. The van der Waals surface area contributed by atoms with E-state index in [2.05, 4.69) is 10.3 Å². The van der Waals surface area contributed by atoms with Gasteiger partial charge in [0.05, 0.1) is 42.0 Å².